The first-order valence-electron chi connectivity index (χ1n) is 7.19. The van der Waals surface area contributed by atoms with Crippen LogP contribution in [0, 0.1) is 0 Å². The molecule has 0 saturated carbocycles. The molecular weight excluding hydrogens is 306 g/mol. The molecule has 0 unspecified atom stereocenters. The molecular formula is C14H21N3O4S. The van der Waals surface area contributed by atoms with Crippen LogP contribution >= 0.6 is 0 Å². The Hall–Kier alpha value is -1.70. The number of nitrogens with zero attached hydrogens (tertiary/aromatic N) is 3. The van der Waals surface area contributed by atoms with E-state index in [9.17, 15) is 13.2 Å². The van der Waals surface area contributed by atoms with Gasteiger partial charge in [-0.15, -0.1) is 0 Å². The molecule has 0 N–H and O–H groups in total. The van der Waals surface area contributed by atoms with Crippen LogP contribution in [0.5, 0.6) is 0 Å². The third-order valence-electron chi connectivity index (χ3n) is 3.27. The minimum atomic E-state index is -3.64. The van der Waals surface area contributed by atoms with E-state index in [0.717, 1.165) is 0 Å². The fraction of sp³-hybridized carbons (Fsp3) is 0.643. The van der Waals surface area contributed by atoms with E-state index < -0.39 is 26.8 Å². The number of piperidine rings is 1. The van der Waals surface area contributed by atoms with E-state index in [4.69, 9.17) is 4.74 Å². The molecule has 1 aromatic rings. The minimum absolute atomic E-state index is 0.107. The summed E-state index contributed by atoms with van der Waals surface area (Å²) in [5, 5.41) is -0.887. The Bertz CT molecular complexity index is 625. The Morgan fingerprint density at radius 1 is 1.32 bits per heavy atom. The molecule has 1 atom stereocenters. The molecule has 1 saturated heterocycles. The lowest BCUT2D eigenvalue weighted by molar-refractivity contribution is 0.0219. The SMILES string of the molecule is CC(C)(C)OC(=O)N1CCC[C@@H](S(=O)(=O)c2ncccn2)C1. The van der Waals surface area contributed by atoms with E-state index in [1.54, 1.807) is 26.8 Å². The van der Waals surface area contributed by atoms with E-state index in [1.165, 1.54) is 17.3 Å². The maximum Gasteiger partial charge on any atom is 0.410 e. The topological polar surface area (TPSA) is 89.5 Å². The second kappa shape index (κ2) is 6.20. The fourth-order valence-corrected chi connectivity index (χ4v) is 3.83. The highest BCUT2D eigenvalue weighted by Gasteiger charge is 2.36. The van der Waals surface area contributed by atoms with Gasteiger partial charge in [0.1, 0.15) is 5.60 Å². The molecule has 122 valence electrons. The van der Waals surface area contributed by atoms with Gasteiger partial charge in [0.2, 0.25) is 15.0 Å². The molecule has 0 aromatic carbocycles. The number of likely N-dealkylation sites (tertiary alicyclic amines) is 1. The van der Waals surface area contributed by atoms with Crippen molar-refractivity contribution in [3.05, 3.63) is 18.5 Å². The van der Waals surface area contributed by atoms with E-state index in [2.05, 4.69) is 9.97 Å². The molecule has 7 nitrogen and oxygen atoms in total. The van der Waals surface area contributed by atoms with Crippen molar-refractivity contribution in [2.24, 2.45) is 0 Å². The van der Waals surface area contributed by atoms with Gasteiger partial charge in [-0.3, -0.25) is 0 Å². The van der Waals surface area contributed by atoms with Gasteiger partial charge in [0.15, 0.2) is 0 Å². The van der Waals surface area contributed by atoms with Gasteiger partial charge in [-0.05, 0) is 39.7 Å². The van der Waals surface area contributed by atoms with E-state index in [0.29, 0.717) is 19.4 Å². The molecule has 0 radical (unpaired) electrons. The highest BCUT2D eigenvalue weighted by atomic mass is 32.2. The van der Waals surface area contributed by atoms with Crippen LogP contribution in [-0.2, 0) is 14.6 Å². The molecule has 2 rings (SSSR count). The van der Waals surface area contributed by atoms with Crippen molar-refractivity contribution in [1.82, 2.24) is 14.9 Å². The summed E-state index contributed by atoms with van der Waals surface area (Å²) >= 11 is 0. The van der Waals surface area contributed by atoms with E-state index >= 15 is 0 Å². The number of carbonyl (C=O) groups excluding carboxylic acids is 1. The Balaban J connectivity index is 2.12. The van der Waals surface area contributed by atoms with Gasteiger partial charge >= 0.3 is 6.09 Å². The van der Waals surface area contributed by atoms with Crippen molar-refractivity contribution >= 4 is 15.9 Å². The predicted molar refractivity (Wildman–Crippen MR) is 80.0 cm³/mol. The van der Waals surface area contributed by atoms with Crippen molar-refractivity contribution in [1.29, 1.82) is 0 Å². The zero-order valence-electron chi connectivity index (χ0n) is 13.0. The monoisotopic (exact) mass is 327 g/mol. The van der Waals surface area contributed by atoms with Crippen molar-refractivity contribution < 1.29 is 17.9 Å². The van der Waals surface area contributed by atoms with Gasteiger partial charge in [0.05, 0.1) is 5.25 Å². The first-order valence-corrected chi connectivity index (χ1v) is 8.73. The van der Waals surface area contributed by atoms with Crippen LogP contribution in [0.1, 0.15) is 33.6 Å². The molecule has 0 bridgehead atoms. The largest absolute Gasteiger partial charge is 0.444 e. The average molecular weight is 327 g/mol. The lowest BCUT2D eigenvalue weighted by atomic mass is 10.1. The van der Waals surface area contributed by atoms with Gasteiger partial charge in [0, 0.05) is 25.5 Å². The van der Waals surface area contributed by atoms with Crippen LogP contribution < -0.4 is 0 Å². The standard InChI is InChI=1S/C14H21N3O4S/c1-14(2,3)21-13(18)17-9-4-6-11(10-17)22(19,20)12-15-7-5-8-16-12/h5,7-8,11H,4,6,9-10H2,1-3H3/t11-/m1/s1. The number of aromatic nitrogens is 2. The Labute approximate surface area is 130 Å². The third kappa shape index (κ3) is 3.94. The van der Waals surface area contributed by atoms with Crippen LogP contribution in [0.3, 0.4) is 0 Å². The number of rotatable bonds is 2. The van der Waals surface area contributed by atoms with Crippen molar-refractivity contribution in [2.75, 3.05) is 13.1 Å². The molecule has 1 fully saturated rings. The number of hydrogen-bond donors (Lipinski definition) is 0. The second-order valence-corrected chi connectivity index (χ2v) is 8.39. The van der Waals surface area contributed by atoms with Crippen LogP contribution in [0.25, 0.3) is 0 Å². The van der Waals surface area contributed by atoms with Crippen LogP contribution in [-0.4, -0.2) is 53.3 Å². The number of ether oxygens (including phenoxy) is 1. The molecule has 22 heavy (non-hydrogen) atoms. The maximum absolute atomic E-state index is 12.5. The Kier molecular flexibility index (Phi) is 4.69. The van der Waals surface area contributed by atoms with Gasteiger partial charge in [0.25, 0.3) is 0 Å². The van der Waals surface area contributed by atoms with E-state index in [1.807, 2.05) is 0 Å². The summed E-state index contributed by atoms with van der Waals surface area (Å²) in [5.74, 6) is 0. The summed E-state index contributed by atoms with van der Waals surface area (Å²) in [6.45, 7) is 5.94. The molecule has 2 heterocycles. The highest BCUT2D eigenvalue weighted by Crippen LogP contribution is 2.22. The smallest absolute Gasteiger partial charge is 0.410 e. The number of hydrogen-bond acceptors (Lipinski definition) is 6. The fourth-order valence-electron chi connectivity index (χ4n) is 2.27. The summed E-state index contributed by atoms with van der Waals surface area (Å²) in [6.07, 6.45) is 3.40. The number of amides is 1. The zero-order valence-corrected chi connectivity index (χ0v) is 13.8. The molecule has 0 aliphatic carbocycles. The maximum atomic E-state index is 12.5. The zero-order chi connectivity index (χ0) is 16.4. The lowest BCUT2D eigenvalue weighted by Crippen LogP contribution is -2.47. The molecule has 1 amide bonds. The van der Waals surface area contributed by atoms with Gasteiger partial charge < -0.3 is 9.64 Å². The summed E-state index contributed by atoms with van der Waals surface area (Å²) in [7, 11) is -3.64. The van der Waals surface area contributed by atoms with Crippen molar-refractivity contribution in [2.45, 2.75) is 49.6 Å². The van der Waals surface area contributed by atoms with Gasteiger partial charge in [-0.2, -0.15) is 0 Å². The Morgan fingerprint density at radius 3 is 2.55 bits per heavy atom. The van der Waals surface area contributed by atoms with Crippen LogP contribution in [0.2, 0.25) is 0 Å². The van der Waals surface area contributed by atoms with Gasteiger partial charge in [-0.1, -0.05) is 0 Å². The Morgan fingerprint density at radius 2 is 1.95 bits per heavy atom. The minimum Gasteiger partial charge on any atom is -0.444 e. The third-order valence-corrected chi connectivity index (χ3v) is 5.25. The molecule has 1 aromatic heterocycles. The predicted octanol–water partition coefficient (Wildman–Crippen LogP) is 1.65. The van der Waals surface area contributed by atoms with Crippen molar-refractivity contribution in [3.8, 4) is 0 Å². The normalized spacial score (nSPS) is 19.8. The molecule has 8 heteroatoms. The quantitative estimate of drug-likeness (QED) is 0.767. The molecule has 0 spiro atoms. The van der Waals surface area contributed by atoms with Crippen LogP contribution in [0.4, 0.5) is 4.79 Å². The number of carbonyl (C=O) groups is 1. The van der Waals surface area contributed by atoms with E-state index in [-0.39, 0.29) is 11.7 Å². The highest BCUT2D eigenvalue weighted by molar-refractivity contribution is 7.91. The summed E-state index contributed by atoms with van der Waals surface area (Å²) in [6, 6.07) is 1.56. The molecule has 1 aliphatic heterocycles. The average Bonchev–Trinajstić information content (AvgIpc) is 2.46. The summed E-state index contributed by atoms with van der Waals surface area (Å²) in [5.41, 5.74) is -0.606. The first-order chi connectivity index (χ1) is 10.2. The van der Waals surface area contributed by atoms with Crippen LogP contribution in [0.15, 0.2) is 23.6 Å². The summed E-state index contributed by atoms with van der Waals surface area (Å²) < 4.78 is 30.4. The van der Waals surface area contributed by atoms with Crippen molar-refractivity contribution in [3.63, 3.8) is 0 Å². The lowest BCUT2D eigenvalue weighted by Gasteiger charge is -2.33. The second-order valence-electron chi connectivity index (χ2n) is 6.27. The first kappa shape index (κ1) is 16.7. The number of sulfone groups is 1. The summed E-state index contributed by atoms with van der Waals surface area (Å²) in [4.78, 5) is 21.2. The van der Waals surface area contributed by atoms with Gasteiger partial charge in [-0.25, -0.2) is 23.2 Å². The molecule has 1 aliphatic rings.